The van der Waals surface area contributed by atoms with Gasteiger partial charge in [-0.1, -0.05) is 0 Å². The number of rotatable bonds is 4. The Labute approximate surface area is 128 Å². The van der Waals surface area contributed by atoms with Crippen LogP contribution in [0.5, 0.6) is 0 Å². The maximum absolute atomic E-state index is 11.1. The SMILES string of the molecule is Cc1csc(CN(C)c2ccc(I)cc2[N+](=O)[O-])n1. The van der Waals surface area contributed by atoms with Crippen molar-refractivity contribution in [1.29, 1.82) is 0 Å². The van der Waals surface area contributed by atoms with Crippen LogP contribution in [0.2, 0.25) is 0 Å². The van der Waals surface area contributed by atoms with Crippen molar-refractivity contribution in [2.45, 2.75) is 13.5 Å². The fourth-order valence-electron chi connectivity index (χ4n) is 1.73. The van der Waals surface area contributed by atoms with Crippen LogP contribution in [0.1, 0.15) is 10.7 Å². The number of thiazole rings is 1. The van der Waals surface area contributed by atoms with Gasteiger partial charge in [0.05, 0.1) is 11.5 Å². The van der Waals surface area contributed by atoms with Crippen LogP contribution in [0.3, 0.4) is 0 Å². The summed E-state index contributed by atoms with van der Waals surface area (Å²) in [5.74, 6) is 0. The van der Waals surface area contributed by atoms with Gasteiger partial charge in [0.2, 0.25) is 0 Å². The normalized spacial score (nSPS) is 10.5. The molecule has 0 aliphatic heterocycles. The molecule has 7 heteroatoms. The summed E-state index contributed by atoms with van der Waals surface area (Å²) in [7, 11) is 1.84. The molecule has 0 fully saturated rings. The summed E-state index contributed by atoms with van der Waals surface area (Å²) in [6, 6.07) is 5.23. The molecule has 2 aromatic rings. The van der Waals surface area contributed by atoms with E-state index >= 15 is 0 Å². The first-order valence-corrected chi connectivity index (χ1v) is 7.49. The minimum atomic E-state index is -0.346. The molecule has 0 bridgehead atoms. The molecule has 1 aromatic heterocycles. The van der Waals surface area contributed by atoms with Gasteiger partial charge in [0.1, 0.15) is 10.7 Å². The fourth-order valence-corrected chi connectivity index (χ4v) is 3.03. The zero-order valence-electron chi connectivity index (χ0n) is 10.5. The van der Waals surface area contributed by atoms with Gasteiger partial charge in [0.15, 0.2) is 0 Å². The number of benzene rings is 1. The molecule has 0 saturated heterocycles. The minimum Gasteiger partial charge on any atom is -0.362 e. The summed E-state index contributed by atoms with van der Waals surface area (Å²) < 4.78 is 0.853. The Kier molecular flexibility index (Phi) is 4.35. The zero-order valence-corrected chi connectivity index (χ0v) is 13.4. The molecule has 0 N–H and O–H groups in total. The largest absolute Gasteiger partial charge is 0.362 e. The van der Waals surface area contributed by atoms with E-state index in [1.807, 2.05) is 30.3 Å². The highest BCUT2D eigenvalue weighted by molar-refractivity contribution is 14.1. The molecule has 0 atom stereocenters. The van der Waals surface area contributed by atoms with Gasteiger partial charge in [-0.25, -0.2) is 4.98 Å². The number of nitro benzene ring substituents is 1. The van der Waals surface area contributed by atoms with Crippen LogP contribution in [0.15, 0.2) is 23.6 Å². The maximum Gasteiger partial charge on any atom is 0.293 e. The number of anilines is 1. The quantitative estimate of drug-likeness (QED) is 0.456. The van der Waals surface area contributed by atoms with Crippen LogP contribution in [0.4, 0.5) is 11.4 Å². The van der Waals surface area contributed by atoms with Crippen molar-refractivity contribution < 1.29 is 4.92 Å². The van der Waals surface area contributed by atoms with Gasteiger partial charge in [0.25, 0.3) is 5.69 Å². The molecule has 0 unspecified atom stereocenters. The monoisotopic (exact) mass is 389 g/mol. The van der Waals surface area contributed by atoms with E-state index in [1.165, 1.54) is 0 Å². The summed E-state index contributed by atoms with van der Waals surface area (Å²) in [6.07, 6.45) is 0. The first-order valence-electron chi connectivity index (χ1n) is 5.53. The lowest BCUT2D eigenvalue weighted by atomic mass is 10.2. The Morgan fingerprint density at radius 3 is 2.84 bits per heavy atom. The standard InChI is InChI=1S/C12H12IN3O2S/c1-8-7-19-12(14-8)6-15(2)10-4-3-9(13)5-11(10)16(17)18/h3-5,7H,6H2,1-2H3. The van der Waals surface area contributed by atoms with Crippen molar-refractivity contribution in [3.63, 3.8) is 0 Å². The average Bonchev–Trinajstić information content (AvgIpc) is 2.74. The van der Waals surface area contributed by atoms with Gasteiger partial charge >= 0.3 is 0 Å². The molecule has 0 aliphatic rings. The fraction of sp³-hybridized carbons (Fsp3) is 0.250. The molecule has 5 nitrogen and oxygen atoms in total. The minimum absolute atomic E-state index is 0.127. The van der Waals surface area contributed by atoms with E-state index in [0.29, 0.717) is 12.2 Å². The molecule has 0 saturated carbocycles. The average molecular weight is 389 g/mol. The van der Waals surface area contributed by atoms with Crippen molar-refractivity contribution >= 4 is 45.3 Å². The first-order chi connectivity index (χ1) is 8.97. The van der Waals surface area contributed by atoms with Crippen LogP contribution in [-0.4, -0.2) is 17.0 Å². The van der Waals surface area contributed by atoms with E-state index < -0.39 is 0 Å². The summed E-state index contributed by atoms with van der Waals surface area (Å²) in [4.78, 5) is 17.0. The number of nitro groups is 1. The molecule has 0 spiro atoms. The molecule has 100 valence electrons. The molecule has 0 amide bonds. The summed E-state index contributed by atoms with van der Waals surface area (Å²) in [5.41, 5.74) is 1.71. The Hall–Kier alpha value is -1.22. The molecular weight excluding hydrogens is 377 g/mol. The number of halogens is 1. The number of aromatic nitrogens is 1. The summed E-state index contributed by atoms with van der Waals surface area (Å²) in [6.45, 7) is 2.51. The van der Waals surface area contributed by atoms with Crippen molar-refractivity contribution in [3.05, 3.63) is 48.0 Å². The van der Waals surface area contributed by atoms with Crippen molar-refractivity contribution in [1.82, 2.24) is 4.98 Å². The lowest BCUT2D eigenvalue weighted by Crippen LogP contribution is -2.17. The van der Waals surface area contributed by atoms with Gasteiger partial charge in [-0.15, -0.1) is 11.3 Å². The number of nitrogens with zero attached hydrogens (tertiary/aromatic N) is 3. The van der Waals surface area contributed by atoms with E-state index in [4.69, 9.17) is 0 Å². The van der Waals surface area contributed by atoms with E-state index in [1.54, 1.807) is 23.5 Å². The van der Waals surface area contributed by atoms with Crippen LogP contribution in [-0.2, 0) is 6.54 Å². The van der Waals surface area contributed by atoms with Gasteiger partial charge in [-0.3, -0.25) is 10.1 Å². The van der Waals surface area contributed by atoms with Gasteiger partial charge in [-0.2, -0.15) is 0 Å². The van der Waals surface area contributed by atoms with Gasteiger partial charge < -0.3 is 4.90 Å². The third-order valence-electron chi connectivity index (χ3n) is 2.58. The molecule has 0 radical (unpaired) electrons. The van der Waals surface area contributed by atoms with Crippen LogP contribution in [0, 0.1) is 20.6 Å². The third kappa shape index (κ3) is 3.41. The molecule has 0 aliphatic carbocycles. The summed E-state index contributed by atoms with van der Waals surface area (Å²) >= 11 is 3.64. The highest BCUT2D eigenvalue weighted by Crippen LogP contribution is 2.30. The molecular formula is C12H12IN3O2S. The second-order valence-corrected chi connectivity index (χ2v) is 6.32. The number of hydrogen-bond acceptors (Lipinski definition) is 5. The molecule has 1 aromatic carbocycles. The topological polar surface area (TPSA) is 59.3 Å². The van der Waals surface area contributed by atoms with Crippen LogP contribution < -0.4 is 4.90 Å². The van der Waals surface area contributed by atoms with E-state index in [-0.39, 0.29) is 10.6 Å². The number of hydrogen-bond donors (Lipinski definition) is 0. The molecule has 2 rings (SSSR count). The van der Waals surface area contributed by atoms with E-state index in [2.05, 4.69) is 27.6 Å². The Balaban J connectivity index is 2.28. The van der Waals surface area contributed by atoms with Crippen molar-refractivity contribution in [2.24, 2.45) is 0 Å². The predicted octanol–water partition coefficient (Wildman–Crippen LogP) is 3.60. The Morgan fingerprint density at radius 2 is 2.26 bits per heavy atom. The van der Waals surface area contributed by atoms with Crippen LogP contribution in [0.25, 0.3) is 0 Å². The first kappa shape index (κ1) is 14.2. The zero-order chi connectivity index (χ0) is 14.0. The van der Waals surface area contributed by atoms with Gasteiger partial charge in [0, 0.05) is 27.8 Å². The molecule has 19 heavy (non-hydrogen) atoms. The lowest BCUT2D eigenvalue weighted by Gasteiger charge is -2.17. The Morgan fingerprint density at radius 1 is 1.53 bits per heavy atom. The Bertz CT molecular complexity index is 615. The summed E-state index contributed by atoms with van der Waals surface area (Å²) in [5, 5.41) is 14.0. The second kappa shape index (κ2) is 5.83. The van der Waals surface area contributed by atoms with Gasteiger partial charge in [-0.05, 0) is 41.6 Å². The highest BCUT2D eigenvalue weighted by Gasteiger charge is 2.18. The third-order valence-corrected chi connectivity index (χ3v) is 4.21. The lowest BCUT2D eigenvalue weighted by molar-refractivity contribution is -0.384. The number of aryl methyl sites for hydroxylation is 1. The van der Waals surface area contributed by atoms with E-state index in [9.17, 15) is 10.1 Å². The smallest absolute Gasteiger partial charge is 0.293 e. The van der Waals surface area contributed by atoms with Crippen LogP contribution >= 0.6 is 33.9 Å². The van der Waals surface area contributed by atoms with E-state index in [0.717, 1.165) is 14.3 Å². The van der Waals surface area contributed by atoms with Crippen molar-refractivity contribution in [2.75, 3.05) is 11.9 Å². The predicted molar refractivity (Wildman–Crippen MR) is 84.8 cm³/mol. The maximum atomic E-state index is 11.1. The highest BCUT2D eigenvalue weighted by atomic mass is 127. The second-order valence-electron chi connectivity index (χ2n) is 4.13. The van der Waals surface area contributed by atoms with Crippen molar-refractivity contribution in [3.8, 4) is 0 Å². The molecule has 1 heterocycles.